The van der Waals surface area contributed by atoms with Gasteiger partial charge in [0.1, 0.15) is 17.4 Å². The second kappa shape index (κ2) is 8.74. The minimum absolute atomic E-state index is 0.274. The van der Waals surface area contributed by atoms with Crippen LogP contribution in [0, 0.1) is 11.3 Å². The zero-order chi connectivity index (χ0) is 20.0. The highest BCUT2D eigenvalue weighted by atomic mass is 35.5. The lowest BCUT2D eigenvalue weighted by Crippen LogP contribution is -2.25. The Labute approximate surface area is 161 Å². The fourth-order valence-electron chi connectivity index (χ4n) is 2.22. The summed E-state index contributed by atoms with van der Waals surface area (Å²) < 4.78 is 5.16. The molecule has 0 fully saturated rings. The molecule has 7 nitrogen and oxygen atoms in total. The summed E-state index contributed by atoms with van der Waals surface area (Å²) >= 11 is 5.94. The van der Waals surface area contributed by atoms with Crippen LogP contribution in [-0.2, 0) is 9.59 Å². The molecule has 0 aliphatic carbocycles. The van der Waals surface area contributed by atoms with Crippen LogP contribution in [-0.4, -0.2) is 18.9 Å². The molecule has 2 rings (SSSR count). The van der Waals surface area contributed by atoms with Crippen molar-refractivity contribution in [1.82, 2.24) is 0 Å². The van der Waals surface area contributed by atoms with Crippen molar-refractivity contribution in [1.29, 1.82) is 5.26 Å². The van der Waals surface area contributed by atoms with Gasteiger partial charge in [0.25, 0.3) is 5.91 Å². The molecule has 2 amide bonds. The fraction of sp³-hybridized carbons (Fsp3) is 0.105. The van der Waals surface area contributed by atoms with Gasteiger partial charge in [-0.05, 0) is 42.5 Å². The van der Waals surface area contributed by atoms with Gasteiger partial charge in [-0.15, -0.1) is 0 Å². The Kier molecular flexibility index (Phi) is 6.41. The van der Waals surface area contributed by atoms with Gasteiger partial charge in [-0.3, -0.25) is 14.5 Å². The summed E-state index contributed by atoms with van der Waals surface area (Å²) in [6, 6.07) is 12.9. The quantitative estimate of drug-likeness (QED) is 0.467. The maximum atomic E-state index is 12.5. The van der Waals surface area contributed by atoms with E-state index in [0.29, 0.717) is 27.8 Å². The number of hydrogen-bond acceptors (Lipinski definition) is 5. The molecule has 0 aromatic heterocycles. The molecule has 0 aliphatic rings. The molecule has 0 unspecified atom stereocenters. The number of benzene rings is 2. The largest absolute Gasteiger partial charge is 0.495 e. The molecule has 2 aromatic carbocycles. The van der Waals surface area contributed by atoms with Crippen LogP contribution >= 0.6 is 11.6 Å². The van der Waals surface area contributed by atoms with E-state index in [4.69, 9.17) is 22.1 Å². The van der Waals surface area contributed by atoms with Crippen LogP contribution in [0.1, 0.15) is 6.92 Å². The van der Waals surface area contributed by atoms with Crippen molar-refractivity contribution >= 4 is 40.5 Å². The van der Waals surface area contributed by atoms with Crippen molar-refractivity contribution in [3.05, 3.63) is 59.3 Å². The molecular weight excluding hydrogens is 368 g/mol. The van der Waals surface area contributed by atoms with Gasteiger partial charge < -0.3 is 15.8 Å². The van der Waals surface area contributed by atoms with Crippen LogP contribution in [0.5, 0.6) is 5.75 Å². The highest BCUT2D eigenvalue weighted by Crippen LogP contribution is 2.28. The third-order valence-corrected chi connectivity index (χ3v) is 3.78. The van der Waals surface area contributed by atoms with E-state index in [1.54, 1.807) is 42.5 Å². The molecule has 0 aliphatic heterocycles. The van der Waals surface area contributed by atoms with Crippen molar-refractivity contribution in [2.24, 2.45) is 0 Å². The number of nitrogen functional groups attached to an aromatic ring is 1. The predicted molar refractivity (Wildman–Crippen MR) is 104 cm³/mol. The number of nitrogens with one attached hydrogen (secondary N) is 1. The fourth-order valence-corrected chi connectivity index (χ4v) is 2.39. The van der Waals surface area contributed by atoms with E-state index in [9.17, 15) is 14.9 Å². The van der Waals surface area contributed by atoms with Crippen molar-refractivity contribution in [3.8, 4) is 11.8 Å². The number of anilines is 3. The highest BCUT2D eigenvalue weighted by molar-refractivity contribution is 6.31. The van der Waals surface area contributed by atoms with Crippen LogP contribution in [0.3, 0.4) is 0 Å². The Morgan fingerprint density at radius 1 is 1.26 bits per heavy atom. The first-order chi connectivity index (χ1) is 12.8. The van der Waals surface area contributed by atoms with Crippen LogP contribution in [0.15, 0.2) is 54.2 Å². The molecule has 2 aromatic rings. The average molecular weight is 385 g/mol. The number of ether oxygens (including phenoxy) is 1. The van der Waals surface area contributed by atoms with Gasteiger partial charge >= 0.3 is 0 Å². The second-order valence-electron chi connectivity index (χ2n) is 5.43. The summed E-state index contributed by atoms with van der Waals surface area (Å²) in [6.07, 6.45) is 1.17. The summed E-state index contributed by atoms with van der Waals surface area (Å²) in [5.41, 5.74) is 6.67. The topological polar surface area (TPSA) is 108 Å². The molecule has 3 N–H and O–H groups in total. The number of carbonyl (C=O) groups is 2. The van der Waals surface area contributed by atoms with Crippen molar-refractivity contribution in [3.63, 3.8) is 0 Å². The first-order valence-corrected chi connectivity index (χ1v) is 8.15. The number of nitrogens with zero attached hydrogens (tertiary/aromatic N) is 2. The van der Waals surface area contributed by atoms with Gasteiger partial charge in [0.15, 0.2) is 0 Å². The zero-order valence-electron chi connectivity index (χ0n) is 14.7. The number of amides is 2. The SMILES string of the molecule is COc1ccc(Cl)cc1NC(=O)/C(C#N)=C\N(C(C)=O)c1ccc(N)cc1. The summed E-state index contributed by atoms with van der Waals surface area (Å²) in [5, 5.41) is 12.3. The molecule has 0 heterocycles. The Morgan fingerprint density at radius 3 is 2.48 bits per heavy atom. The van der Waals surface area contributed by atoms with Gasteiger partial charge in [0, 0.05) is 29.5 Å². The van der Waals surface area contributed by atoms with Crippen molar-refractivity contribution in [2.75, 3.05) is 23.1 Å². The van der Waals surface area contributed by atoms with Crippen LogP contribution in [0.2, 0.25) is 5.02 Å². The second-order valence-corrected chi connectivity index (χ2v) is 5.87. The lowest BCUT2D eigenvalue weighted by atomic mass is 10.2. The van der Waals surface area contributed by atoms with E-state index < -0.39 is 5.91 Å². The Bertz CT molecular complexity index is 933. The van der Waals surface area contributed by atoms with E-state index in [1.165, 1.54) is 31.2 Å². The highest BCUT2D eigenvalue weighted by Gasteiger charge is 2.17. The van der Waals surface area contributed by atoms with Crippen molar-refractivity contribution < 1.29 is 14.3 Å². The Hall–Kier alpha value is -3.50. The lowest BCUT2D eigenvalue weighted by Gasteiger charge is -2.17. The summed E-state index contributed by atoms with van der Waals surface area (Å²) in [4.78, 5) is 25.7. The van der Waals surface area contributed by atoms with Crippen molar-refractivity contribution in [2.45, 2.75) is 6.92 Å². The van der Waals surface area contributed by atoms with Gasteiger partial charge in [-0.2, -0.15) is 5.26 Å². The zero-order valence-corrected chi connectivity index (χ0v) is 15.4. The van der Waals surface area contributed by atoms with Gasteiger partial charge in [0.05, 0.1) is 12.8 Å². The van der Waals surface area contributed by atoms with Crippen LogP contribution < -0.4 is 20.7 Å². The van der Waals surface area contributed by atoms with E-state index in [-0.39, 0.29) is 11.5 Å². The third-order valence-electron chi connectivity index (χ3n) is 3.54. The van der Waals surface area contributed by atoms with Gasteiger partial charge in [-0.25, -0.2) is 0 Å². The normalized spacial score (nSPS) is 10.7. The monoisotopic (exact) mass is 384 g/mol. The van der Waals surface area contributed by atoms with E-state index in [2.05, 4.69) is 5.32 Å². The number of halogens is 1. The molecule has 0 atom stereocenters. The number of methoxy groups -OCH3 is 1. The Morgan fingerprint density at radius 2 is 1.93 bits per heavy atom. The summed E-state index contributed by atoms with van der Waals surface area (Å²) in [5.74, 6) is -0.701. The maximum absolute atomic E-state index is 12.5. The predicted octanol–water partition coefficient (Wildman–Crippen LogP) is 3.33. The van der Waals surface area contributed by atoms with Gasteiger partial charge in [-0.1, -0.05) is 11.6 Å². The lowest BCUT2D eigenvalue weighted by molar-refractivity contribution is -0.116. The molecular formula is C19H17ClN4O3. The standard InChI is InChI=1S/C19H17ClN4O3/c1-12(25)24(16-6-4-15(22)5-7-16)11-13(10-21)19(26)23-17-9-14(20)3-8-18(17)27-2/h3-9,11H,22H2,1-2H3,(H,23,26)/b13-11-. The number of rotatable bonds is 5. The first-order valence-electron chi connectivity index (χ1n) is 7.78. The minimum atomic E-state index is -0.709. The van der Waals surface area contributed by atoms with E-state index >= 15 is 0 Å². The van der Waals surface area contributed by atoms with E-state index in [0.717, 1.165) is 0 Å². The summed E-state index contributed by atoms with van der Waals surface area (Å²) in [7, 11) is 1.44. The molecule has 0 bridgehead atoms. The average Bonchev–Trinajstić information content (AvgIpc) is 2.63. The third kappa shape index (κ3) is 5.00. The van der Waals surface area contributed by atoms with Crippen LogP contribution in [0.25, 0.3) is 0 Å². The molecule has 27 heavy (non-hydrogen) atoms. The van der Waals surface area contributed by atoms with Gasteiger partial charge in [0.2, 0.25) is 5.91 Å². The summed E-state index contributed by atoms with van der Waals surface area (Å²) in [6.45, 7) is 1.32. The number of carbonyl (C=O) groups excluding carboxylic acids is 2. The molecule has 0 saturated carbocycles. The number of nitrogens with two attached hydrogens (primary N) is 1. The van der Waals surface area contributed by atoms with E-state index in [1.807, 2.05) is 0 Å². The molecule has 0 radical (unpaired) electrons. The minimum Gasteiger partial charge on any atom is -0.495 e. The van der Waals surface area contributed by atoms with Crippen LogP contribution in [0.4, 0.5) is 17.1 Å². The maximum Gasteiger partial charge on any atom is 0.267 e. The molecule has 0 saturated heterocycles. The molecule has 138 valence electrons. The smallest absolute Gasteiger partial charge is 0.267 e. The molecule has 8 heteroatoms. The number of hydrogen-bond donors (Lipinski definition) is 2. The molecule has 0 spiro atoms. The first kappa shape index (κ1) is 19.8. The number of nitriles is 1. The Balaban J connectivity index is 2.34.